The number of hydrogen-bond donors (Lipinski definition) is 1. The molecule has 0 radical (unpaired) electrons. The fourth-order valence-electron chi connectivity index (χ4n) is 2.89. The summed E-state index contributed by atoms with van der Waals surface area (Å²) in [6, 6.07) is 7.34. The molecule has 31 heavy (non-hydrogen) atoms. The number of nitrogens with one attached hydrogen (secondary N) is 1. The van der Waals surface area contributed by atoms with Crippen LogP contribution in [-0.4, -0.2) is 107 Å². The predicted molar refractivity (Wildman–Crippen MR) is 136 cm³/mol. The summed E-state index contributed by atoms with van der Waals surface area (Å²) in [5.74, 6) is 1.39. The second-order valence-electron chi connectivity index (χ2n) is 7.39. The zero-order chi connectivity index (χ0) is 21.8. The van der Waals surface area contributed by atoms with E-state index in [0.717, 1.165) is 51.6 Å². The van der Waals surface area contributed by atoms with Crippen molar-refractivity contribution in [3.63, 3.8) is 0 Å². The molecule has 176 valence electrons. The monoisotopic (exact) mass is 567 g/mol. The Bertz CT molecular complexity index is 687. The molecule has 0 saturated carbocycles. The number of guanidine groups is 1. The number of likely N-dealkylation sites (N-methyl/N-ethyl adjacent to an activating group) is 2. The van der Waals surface area contributed by atoms with Crippen molar-refractivity contribution in [2.45, 2.75) is 6.42 Å². The largest absolute Gasteiger partial charge is 0.492 e. The van der Waals surface area contributed by atoms with Gasteiger partial charge in [0, 0.05) is 45.8 Å². The molecule has 10 heteroatoms. The minimum Gasteiger partial charge on any atom is -0.492 e. The van der Waals surface area contributed by atoms with Gasteiger partial charge in [-0.15, -0.1) is 24.0 Å². The highest BCUT2D eigenvalue weighted by atomic mass is 127. The number of aliphatic imine (C=N–C) groups is 1. The molecule has 1 N–H and O–H groups in total. The van der Waals surface area contributed by atoms with Crippen LogP contribution in [0.1, 0.15) is 6.42 Å². The molecule has 0 aliphatic carbocycles. The van der Waals surface area contributed by atoms with Crippen molar-refractivity contribution in [3.05, 3.63) is 29.3 Å². The topological polar surface area (TPSA) is 69.6 Å². The van der Waals surface area contributed by atoms with Gasteiger partial charge in [-0.25, -0.2) is 4.99 Å². The van der Waals surface area contributed by atoms with Gasteiger partial charge in [0.1, 0.15) is 18.9 Å². The van der Waals surface area contributed by atoms with Crippen molar-refractivity contribution >= 4 is 47.4 Å². The molecule has 1 saturated heterocycles. The first-order valence-electron chi connectivity index (χ1n) is 10.3. The van der Waals surface area contributed by atoms with E-state index in [-0.39, 0.29) is 36.4 Å². The van der Waals surface area contributed by atoms with Crippen LogP contribution >= 0.6 is 35.6 Å². The lowest BCUT2D eigenvalue weighted by Gasteiger charge is -2.27. The van der Waals surface area contributed by atoms with Crippen molar-refractivity contribution in [1.82, 2.24) is 20.0 Å². The van der Waals surface area contributed by atoms with Crippen LogP contribution in [0.2, 0.25) is 5.02 Å². The third-order valence-electron chi connectivity index (χ3n) is 4.75. The van der Waals surface area contributed by atoms with Crippen LogP contribution < -0.4 is 10.1 Å². The van der Waals surface area contributed by atoms with E-state index in [1.165, 1.54) is 0 Å². The number of hydrogen-bond acceptors (Lipinski definition) is 5. The van der Waals surface area contributed by atoms with Gasteiger partial charge in [0.05, 0.1) is 19.8 Å². The maximum absolute atomic E-state index is 12.0. The number of benzene rings is 1. The van der Waals surface area contributed by atoms with Crippen LogP contribution in [0.25, 0.3) is 0 Å². The Hall–Kier alpha value is -1.30. The van der Waals surface area contributed by atoms with Crippen molar-refractivity contribution in [1.29, 1.82) is 0 Å². The fourth-order valence-corrected chi connectivity index (χ4v) is 3.07. The maximum Gasteiger partial charge on any atom is 0.243 e. The van der Waals surface area contributed by atoms with Crippen LogP contribution in [0.5, 0.6) is 5.75 Å². The highest BCUT2D eigenvalue weighted by Crippen LogP contribution is 2.16. The molecule has 1 aliphatic heterocycles. The van der Waals surface area contributed by atoms with E-state index < -0.39 is 0 Å². The second kappa shape index (κ2) is 15.5. The minimum absolute atomic E-state index is 0. The smallest absolute Gasteiger partial charge is 0.243 e. The number of carbonyl (C=O) groups is 1. The number of rotatable bonds is 10. The van der Waals surface area contributed by atoms with Gasteiger partial charge in [-0.1, -0.05) is 17.7 Å². The first-order valence-corrected chi connectivity index (χ1v) is 10.7. The molecule has 0 spiro atoms. The molecule has 1 aromatic rings. The van der Waals surface area contributed by atoms with E-state index in [9.17, 15) is 4.79 Å². The summed E-state index contributed by atoms with van der Waals surface area (Å²) >= 11 is 5.99. The molecule has 0 bridgehead atoms. The van der Waals surface area contributed by atoms with E-state index in [1.54, 1.807) is 25.1 Å². The average molecular weight is 568 g/mol. The minimum atomic E-state index is -0.0359. The van der Waals surface area contributed by atoms with Gasteiger partial charge in [0.2, 0.25) is 5.91 Å². The lowest BCUT2D eigenvalue weighted by Crippen LogP contribution is -2.43. The highest BCUT2D eigenvalue weighted by molar-refractivity contribution is 14.0. The molecule has 2 rings (SSSR count). The molecule has 0 aromatic heterocycles. The molecule has 1 fully saturated rings. The zero-order valence-corrected chi connectivity index (χ0v) is 21.8. The molecular formula is C21H35ClIN5O3. The van der Waals surface area contributed by atoms with Gasteiger partial charge in [0.15, 0.2) is 5.96 Å². The Balaban J connectivity index is 0.00000480. The van der Waals surface area contributed by atoms with Gasteiger partial charge in [-0.2, -0.15) is 0 Å². The van der Waals surface area contributed by atoms with Gasteiger partial charge in [-0.05, 0) is 31.2 Å². The van der Waals surface area contributed by atoms with E-state index in [2.05, 4.69) is 15.2 Å². The highest BCUT2D eigenvalue weighted by Gasteiger charge is 2.11. The Morgan fingerprint density at radius 2 is 2.03 bits per heavy atom. The summed E-state index contributed by atoms with van der Waals surface area (Å²) in [5, 5.41) is 4.03. The van der Waals surface area contributed by atoms with E-state index in [1.807, 2.05) is 30.1 Å². The van der Waals surface area contributed by atoms with Crippen molar-refractivity contribution < 1.29 is 14.3 Å². The zero-order valence-electron chi connectivity index (χ0n) is 18.7. The van der Waals surface area contributed by atoms with E-state index in [0.29, 0.717) is 24.1 Å². The van der Waals surface area contributed by atoms with Crippen LogP contribution in [0.3, 0.4) is 0 Å². The van der Waals surface area contributed by atoms with Crippen LogP contribution in [-0.2, 0) is 9.53 Å². The fraction of sp³-hybridized carbons (Fsp3) is 0.619. The number of ether oxygens (including phenoxy) is 2. The quantitative estimate of drug-likeness (QED) is 0.202. The van der Waals surface area contributed by atoms with Gasteiger partial charge in [-0.3, -0.25) is 9.69 Å². The predicted octanol–water partition coefficient (Wildman–Crippen LogP) is 2.02. The number of nitrogens with zero attached hydrogens (tertiary/aromatic N) is 4. The maximum atomic E-state index is 12.0. The lowest BCUT2D eigenvalue weighted by atomic mass is 10.3. The number of carbonyl (C=O) groups excluding carboxylic acids is 1. The van der Waals surface area contributed by atoms with Gasteiger partial charge in [0.25, 0.3) is 0 Å². The first-order chi connectivity index (χ1) is 14.5. The molecule has 0 atom stereocenters. The van der Waals surface area contributed by atoms with Crippen LogP contribution in [0.4, 0.5) is 0 Å². The van der Waals surface area contributed by atoms with Crippen LogP contribution in [0, 0.1) is 0 Å². The Morgan fingerprint density at radius 3 is 2.71 bits per heavy atom. The van der Waals surface area contributed by atoms with E-state index >= 15 is 0 Å². The normalized spacial score (nSPS) is 14.5. The molecule has 1 amide bonds. The van der Waals surface area contributed by atoms with Crippen LogP contribution in [0.15, 0.2) is 29.3 Å². The molecular weight excluding hydrogens is 533 g/mol. The Labute approximate surface area is 207 Å². The van der Waals surface area contributed by atoms with Crippen molar-refractivity contribution in [2.75, 3.05) is 80.2 Å². The molecule has 1 aliphatic rings. The third-order valence-corrected chi connectivity index (χ3v) is 4.99. The summed E-state index contributed by atoms with van der Waals surface area (Å²) < 4.78 is 11.2. The molecule has 1 heterocycles. The van der Waals surface area contributed by atoms with E-state index in [4.69, 9.17) is 21.1 Å². The lowest BCUT2D eigenvalue weighted by molar-refractivity contribution is -0.127. The summed E-state index contributed by atoms with van der Waals surface area (Å²) in [5.41, 5.74) is 0. The third kappa shape index (κ3) is 11.2. The van der Waals surface area contributed by atoms with Gasteiger partial charge >= 0.3 is 0 Å². The average Bonchev–Trinajstić information content (AvgIpc) is 2.73. The Morgan fingerprint density at radius 1 is 1.29 bits per heavy atom. The standard InChI is InChI=1S/C21H34ClN5O3.HI/c1-25(2)20(28)17-24-21(23-8-5-9-27-11-13-29-14-12-27)26(3)10-15-30-19-7-4-6-18(22)16-19;/h4,6-7,16H,5,8-15,17H2,1-3H3,(H,23,24);1H. The second-order valence-corrected chi connectivity index (χ2v) is 7.83. The molecule has 1 aromatic carbocycles. The molecule has 8 nitrogen and oxygen atoms in total. The van der Waals surface area contributed by atoms with Crippen molar-refractivity contribution in [3.8, 4) is 5.75 Å². The SMILES string of the molecule is CN(C)C(=O)CN=C(NCCCN1CCOCC1)N(C)CCOc1cccc(Cl)c1.I. The van der Waals surface area contributed by atoms with Crippen molar-refractivity contribution in [2.24, 2.45) is 4.99 Å². The number of halogens is 2. The summed E-state index contributed by atoms with van der Waals surface area (Å²) in [4.78, 5) is 22.4. The Kier molecular flexibility index (Phi) is 13.9. The summed E-state index contributed by atoms with van der Waals surface area (Å²) in [6.45, 7) is 6.60. The summed E-state index contributed by atoms with van der Waals surface area (Å²) in [6.07, 6.45) is 0.994. The number of morpholine rings is 1. The first kappa shape index (κ1) is 27.7. The summed E-state index contributed by atoms with van der Waals surface area (Å²) in [7, 11) is 5.40. The molecule has 0 unspecified atom stereocenters. The number of amides is 1. The van der Waals surface area contributed by atoms with Gasteiger partial charge < -0.3 is 24.6 Å².